The summed E-state index contributed by atoms with van der Waals surface area (Å²) in [5, 5.41) is 14.9. The highest BCUT2D eigenvalue weighted by Gasteiger charge is 2.34. The third-order valence-corrected chi connectivity index (χ3v) is 4.62. The first kappa shape index (κ1) is 14.2. The third-order valence-electron chi connectivity index (χ3n) is 4.62. The maximum absolute atomic E-state index is 11.9. The SMILES string of the molecule is CC(NC(=O)NC1CCCC1C(=O)O)C1CCCC1. The number of urea groups is 1. The van der Waals surface area contributed by atoms with Gasteiger partial charge in [0.15, 0.2) is 0 Å². The van der Waals surface area contributed by atoms with Crippen LogP contribution in [0.3, 0.4) is 0 Å². The summed E-state index contributed by atoms with van der Waals surface area (Å²) in [6, 6.07) is -0.252. The lowest BCUT2D eigenvalue weighted by molar-refractivity contribution is -0.142. The summed E-state index contributed by atoms with van der Waals surface area (Å²) in [5.41, 5.74) is 0. The molecule has 0 radical (unpaired) electrons. The molecule has 0 aromatic rings. The number of carbonyl (C=O) groups excluding carboxylic acids is 1. The fourth-order valence-electron chi connectivity index (χ4n) is 3.42. The number of hydrogen-bond acceptors (Lipinski definition) is 2. The van der Waals surface area contributed by atoms with Crippen molar-refractivity contribution in [1.29, 1.82) is 0 Å². The van der Waals surface area contributed by atoms with Crippen LogP contribution < -0.4 is 10.6 Å². The summed E-state index contributed by atoms with van der Waals surface area (Å²) in [5.74, 6) is -0.649. The second-order valence-electron chi connectivity index (χ2n) is 5.93. The molecule has 0 saturated heterocycles. The largest absolute Gasteiger partial charge is 0.481 e. The highest BCUT2D eigenvalue weighted by Crippen LogP contribution is 2.28. The second kappa shape index (κ2) is 6.26. The molecule has 0 heterocycles. The molecule has 3 N–H and O–H groups in total. The molecule has 2 amide bonds. The molecule has 2 saturated carbocycles. The molecule has 0 aliphatic heterocycles. The lowest BCUT2D eigenvalue weighted by Gasteiger charge is -2.23. The third kappa shape index (κ3) is 3.61. The van der Waals surface area contributed by atoms with E-state index in [9.17, 15) is 9.59 Å². The monoisotopic (exact) mass is 268 g/mol. The maximum atomic E-state index is 11.9. The number of aliphatic carboxylic acids is 1. The summed E-state index contributed by atoms with van der Waals surface area (Å²) in [7, 11) is 0. The fourth-order valence-corrected chi connectivity index (χ4v) is 3.42. The minimum absolute atomic E-state index is 0.173. The number of amides is 2. The van der Waals surface area contributed by atoms with Gasteiger partial charge < -0.3 is 15.7 Å². The Bertz CT molecular complexity index is 340. The number of nitrogens with one attached hydrogen (secondary N) is 2. The molecule has 5 nitrogen and oxygen atoms in total. The van der Waals surface area contributed by atoms with Gasteiger partial charge in [-0.3, -0.25) is 4.79 Å². The van der Waals surface area contributed by atoms with Gasteiger partial charge in [-0.15, -0.1) is 0 Å². The zero-order valence-corrected chi connectivity index (χ0v) is 11.5. The number of carbonyl (C=O) groups is 2. The standard InChI is InChI=1S/C14H24N2O3/c1-9(10-5-2-3-6-10)15-14(19)16-12-8-4-7-11(12)13(17)18/h9-12H,2-8H2,1H3,(H,17,18)(H2,15,16,19). The lowest BCUT2D eigenvalue weighted by atomic mass is 10.00. The van der Waals surface area contributed by atoms with Crippen LogP contribution in [0.4, 0.5) is 4.79 Å². The number of hydrogen-bond donors (Lipinski definition) is 3. The Labute approximate surface area is 114 Å². The van der Waals surface area contributed by atoms with Crippen molar-refractivity contribution in [1.82, 2.24) is 10.6 Å². The quantitative estimate of drug-likeness (QED) is 0.730. The summed E-state index contributed by atoms with van der Waals surface area (Å²) in [4.78, 5) is 23.0. The van der Waals surface area contributed by atoms with E-state index in [0.29, 0.717) is 12.3 Å². The molecule has 2 aliphatic carbocycles. The van der Waals surface area contributed by atoms with Crippen molar-refractivity contribution in [2.24, 2.45) is 11.8 Å². The Kier molecular flexibility index (Phi) is 4.66. The van der Waals surface area contributed by atoms with E-state index in [1.165, 1.54) is 25.7 Å². The molecule has 0 aromatic heterocycles. The molecule has 3 unspecified atom stereocenters. The van der Waals surface area contributed by atoms with Crippen LogP contribution in [-0.2, 0) is 4.79 Å². The van der Waals surface area contributed by atoms with Crippen molar-refractivity contribution in [3.05, 3.63) is 0 Å². The first-order valence-electron chi connectivity index (χ1n) is 7.37. The van der Waals surface area contributed by atoms with E-state index in [0.717, 1.165) is 12.8 Å². The van der Waals surface area contributed by atoms with Crippen LogP contribution in [0.15, 0.2) is 0 Å². The van der Waals surface area contributed by atoms with Crippen molar-refractivity contribution < 1.29 is 14.7 Å². The molecule has 2 fully saturated rings. The minimum Gasteiger partial charge on any atom is -0.481 e. The smallest absolute Gasteiger partial charge is 0.315 e. The first-order valence-corrected chi connectivity index (χ1v) is 7.37. The van der Waals surface area contributed by atoms with Gasteiger partial charge in [0, 0.05) is 12.1 Å². The molecule has 2 rings (SSSR count). The van der Waals surface area contributed by atoms with Crippen molar-refractivity contribution in [3.63, 3.8) is 0 Å². The Morgan fingerprint density at radius 2 is 1.79 bits per heavy atom. The van der Waals surface area contributed by atoms with Gasteiger partial charge in [-0.1, -0.05) is 19.3 Å². The Balaban J connectivity index is 1.78. The zero-order chi connectivity index (χ0) is 13.8. The summed E-state index contributed by atoms with van der Waals surface area (Å²) in [6.45, 7) is 2.04. The summed E-state index contributed by atoms with van der Waals surface area (Å²) in [6.07, 6.45) is 7.18. The molecule has 2 aliphatic rings. The molecule has 5 heteroatoms. The molecule has 108 valence electrons. The van der Waals surface area contributed by atoms with Gasteiger partial charge in [0.25, 0.3) is 0 Å². The molecule has 0 aromatic carbocycles. The Hall–Kier alpha value is -1.26. The van der Waals surface area contributed by atoms with Gasteiger partial charge in [-0.2, -0.15) is 0 Å². The predicted octanol–water partition coefficient (Wildman–Crippen LogP) is 2.12. The van der Waals surface area contributed by atoms with Crippen molar-refractivity contribution in [2.45, 2.75) is 64.0 Å². The van der Waals surface area contributed by atoms with Crippen LogP contribution in [0.1, 0.15) is 51.9 Å². The normalized spacial score (nSPS) is 29.1. The highest BCUT2D eigenvalue weighted by molar-refractivity contribution is 5.77. The van der Waals surface area contributed by atoms with Crippen molar-refractivity contribution >= 4 is 12.0 Å². The van der Waals surface area contributed by atoms with E-state index in [2.05, 4.69) is 10.6 Å². The van der Waals surface area contributed by atoms with Crippen molar-refractivity contribution in [2.75, 3.05) is 0 Å². The Morgan fingerprint density at radius 3 is 2.42 bits per heavy atom. The molecular weight excluding hydrogens is 244 g/mol. The van der Waals surface area contributed by atoms with E-state index >= 15 is 0 Å². The van der Waals surface area contributed by atoms with Crippen LogP contribution in [0, 0.1) is 11.8 Å². The average molecular weight is 268 g/mol. The zero-order valence-electron chi connectivity index (χ0n) is 11.5. The lowest BCUT2D eigenvalue weighted by Crippen LogP contribution is -2.49. The van der Waals surface area contributed by atoms with Gasteiger partial charge in [0.2, 0.25) is 0 Å². The van der Waals surface area contributed by atoms with Crippen LogP contribution in [0.25, 0.3) is 0 Å². The van der Waals surface area contributed by atoms with Crippen LogP contribution in [0.5, 0.6) is 0 Å². The van der Waals surface area contributed by atoms with E-state index in [-0.39, 0.29) is 18.1 Å². The Morgan fingerprint density at radius 1 is 1.11 bits per heavy atom. The summed E-state index contributed by atoms with van der Waals surface area (Å²) < 4.78 is 0. The molecule has 19 heavy (non-hydrogen) atoms. The molecular formula is C14H24N2O3. The van der Waals surface area contributed by atoms with Gasteiger partial charge in [-0.25, -0.2) is 4.79 Å². The van der Waals surface area contributed by atoms with E-state index in [1.807, 2.05) is 6.92 Å². The van der Waals surface area contributed by atoms with Crippen LogP contribution in [-0.4, -0.2) is 29.2 Å². The predicted molar refractivity (Wildman–Crippen MR) is 71.9 cm³/mol. The van der Waals surface area contributed by atoms with E-state index < -0.39 is 11.9 Å². The maximum Gasteiger partial charge on any atom is 0.315 e. The van der Waals surface area contributed by atoms with Gasteiger partial charge in [0.1, 0.15) is 0 Å². The molecule has 3 atom stereocenters. The molecule has 0 spiro atoms. The van der Waals surface area contributed by atoms with Crippen molar-refractivity contribution in [3.8, 4) is 0 Å². The average Bonchev–Trinajstić information content (AvgIpc) is 2.98. The van der Waals surface area contributed by atoms with Gasteiger partial charge in [-0.05, 0) is 38.5 Å². The minimum atomic E-state index is -0.799. The second-order valence-corrected chi connectivity index (χ2v) is 5.93. The number of carboxylic acid groups (broad SMARTS) is 1. The van der Waals surface area contributed by atoms with E-state index in [4.69, 9.17) is 5.11 Å². The number of carboxylic acids is 1. The summed E-state index contributed by atoms with van der Waals surface area (Å²) >= 11 is 0. The van der Waals surface area contributed by atoms with Crippen LogP contribution >= 0.6 is 0 Å². The topological polar surface area (TPSA) is 78.4 Å². The first-order chi connectivity index (χ1) is 9.08. The van der Waals surface area contributed by atoms with Crippen LogP contribution in [0.2, 0.25) is 0 Å². The van der Waals surface area contributed by atoms with Gasteiger partial charge in [0.05, 0.1) is 5.92 Å². The number of rotatable bonds is 4. The van der Waals surface area contributed by atoms with E-state index in [1.54, 1.807) is 0 Å². The fraction of sp³-hybridized carbons (Fsp3) is 0.857. The highest BCUT2D eigenvalue weighted by atomic mass is 16.4. The molecule has 0 bridgehead atoms. The van der Waals surface area contributed by atoms with Gasteiger partial charge >= 0.3 is 12.0 Å².